The maximum absolute atomic E-state index is 12.0. The zero-order chi connectivity index (χ0) is 16.2. The van der Waals surface area contributed by atoms with E-state index in [-0.39, 0.29) is 17.0 Å². The van der Waals surface area contributed by atoms with E-state index in [0.717, 1.165) is 10.6 Å². The minimum atomic E-state index is -0.620. The van der Waals surface area contributed by atoms with Gasteiger partial charge in [0.1, 0.15) is 5.75 Å². The molecule has 23 heavy (non-hydrogen) atoms. The number of hydrazine groups is 1. The smallest absolute Gasteiger partial charge is 0.290 e. The number of hydrogen-bond acceptors (Lipinski definition) is 5. The van der Waals surface area contributed by atoms with E-state index in [1.54, 1.807) is 18.2 Å². The summed E-state index contributed by atoms with van der Waals surface area (Å²) in [5.41, 5.74) is 5.41. The van der Waals surface area contributed by atoms with Crippen molar-refractivity contribution in [1.29, 1.82) is 0 Å². The molecule has 3 aromatic rings. The van der Waals surface area contributed by atoms with Crippen molar-refractivity contribution in [1.82, 2.24) is 21.0 Å². The van der Waals surface area contributed by atoms with Gasteiger partial charge >= 0.3 is 0 Å². The Balaban J connectivity index is 1.64. The van der Waals surface area contributed by atoms with Gasteiger partial charge in [-0.25, -0.2) is 0 Å². The summed E-state index contributed by atoms with van der Waals surface area (Å²) >= 11 is 1.52. The van der Waals surface area contributed by atoms with Gasteiger partial charge in [-0.3, -0.25) is 25.5 Å². The van der Waals surface area contributed by atoms with Crippen molar-refractivity contribution >= 4 is 23.2 Å². The minimum Gasteiger partial charge on any atom is -0.507 e. The molecule has 7 nitrogen and oxygen atoms in total. The lowest BCUT2D eigenvalue weighted by molar-refractivity contribution is 0.0842. The van der Waals surface area contributed by atoms with Crippen LogP contribution >= 0.6 is 11.3 Å². The number of aromatic amines is 1. The Hall–Kier alpha value is -3.13. The van der Waals surface area contributed by atoms with Crippen LogP contribution < -0.4 is 10.9 Å². The number of phenols is 1. The molecule has 0 aliphatic heterocycles. The number of nitrogens with one attached hydrogen (secondary N) is 3. The standard InChI is InChI=1S/C15H12N4O3S/c20-12-5-2-1-4-9(12)14(21)18-19-15(22)11-8-10(16-17-11)13-6-3-7-23-13/h1-8,20H,(H,16,17)(H,18,21)(H,19,22). The zero-order valence-corrected chi connectivity index (χ0v) is 12.6. The molecule has 8 heteroatoms. The molecule has 2 heterocycles. The molecule has 4 N–H and O–H groups in total. The second-order valence-corrected chi connectivity index (χ2v) is 5.52. The summed E-state index contributed by atoms with van der Waals surface area (Å²) in [7, 11) is 0. The summed E-state index contributed by atoms with van der Waals surface area (Å²) in [6, 6.07) is 11.4. The fraction of sp³-hybridized carbons (Fsp3) is 0. The van der Waals surface area contributed by atoms with E-state index in [4.69, 9.17) is 0 Å². The monoisotopic (exact) mass is 328 g/mol. The molecule has 2 aromatic heterocycles. The second kappa shape index (κ2) is 6.32. The Morgan fingerprint density at radius 1 is 1.09 bits per heavy atom. The molecule has 116 valence electrons. The quantitative estimate of drug-likeness (QED) is 0.551. The number of benzene rings is 1. The van der Waals surface area contributed by atoms with Crippen LogP contribution in [0.2, 0.25) is 0 Å². The highest BCUT2D eigenvalue weighted by molar-refractivity contribution is 7.13. The molecule has 1 aromatic carbocycles. The van der Waals surface area contributed by atoms with Gasteiger partial charge in [0.25, 0.3) is 11.8 Å². The van der Waals surface area contributed by atoms with E-state index >= 15 is 0 Å². The lowest BCUT2D eigenvalue weighted by Crippen LogP contribution is -2.41. The predicted molar refractivity (Wildman–Crippen MR) is 84.9 cm³/mol. The molecular weight excluding hydrogens is 316 g/mol. The van der Waals surface area contributed by atoms with Crippen LogP contribution in [0.25, 0.3) is 10.6 Å². The van der Waals surface area contributed by atoms with E-state index in [2.05, 4.69) is 21.0 Å². The Labute approximate surface area is 135 Å². The zero-order valence-electron chi connectivity index (χ0n) is 11.7. The Morgan fingerprint density at radius 2 is 1.87 bits per heavy atom. The topological polar surface area (TPSA) is 107 Å². The van der Waals surface area contributed by atoms with E-state index in [9.17, 15) is 14.7 Å². The fourth-order valence-corrected chi connectivity index (χ4v) is 2.60. The van der Waals surface area contributed by atoms with E-state index in [1.165, 1.54) is 23.5 Å². The van der Waals surface area contributed by atoms with Crippen molar-refractivity contribution in [3.8, 4) is 16.3 Å². The average molecular weight is 328 g/mol. The van der Waals surface area contributed by atoms with E-state index < -0.39 is 11.8 Å². The van der Waals surface area contributed by atoms with E-state index in [0.29, 0.717) is 0 Å². The molecular formula is C15H12N4O3S. The first-order chi connectivity index (χ1) is 11.1. The van der Waals surface area contributed by atoms with Crippen LogP contribution in [0.15, 0.2) is 47.8 Å². The van der Waals surface area contributed by atoms with Gasteiger partial charge < -0.3 is 5.11 Å². The van der Waals surface area contributed by atoms with Gasteiger partial charge in [-0.2, -0.15) is 5.10 Å². The number of carbonyl (C=O) groups excluding carboxylic acids is 2. The number of carbonyl (C=O) groups is 2. The number of hydrogen-bond donors (Lipinski definition) is 4. The third kappa shape index (κ3) is 3.22. The Kier molecular flexibility index (Phi) is 4.07. The SMILES string of the molecule is O=C(NNC(=O)c1ccccc1O)c1cc(-c2cccs2)[nH]n1. The van der Waals surface area contributed by atoms with Crippen molar-refractivity contribution in [3.05, 3.63) is 59.1 Å². The van der Waals surface area contributed by atoms with Crippen molar-refractivity contribution < 1.29 is 14.7 Å². The molecule has 0 spiro atoms. The number of H-pyrrole nitrogens is 1. The first-order valence-electron chi connectivity index (χ1n) is 6.63. The maximum atomic E-state index is 12.0. The molecule has 0 unspecified atom stereocenters. The van der Waals surface area contributed by atoms with Crippen molar-refractivity contribution in [2.24, 2.45) is 0 Å². The second-order valence-electron chi connectivity index (χ2n) is 4.57. The fourth-order valence-electron chi connectivity index (χ4n) is 1.91. The number of nitrogens with zero attached hydrogens (tertiary/aromatic N) is 1. The summed E-state index contributed by atoms with van der Waals surface area (Å²) in [5, 5.41) is 18.2. The molecule has 0 saturated carbocycles. The molecule has 0 bridgehead atoms. The largest absolute Gasteiger partial charge is 0.507 e. The summed E-state index contributed by atoms with van der Waals surface area (Å²) < 4.78 is 0. The number of rotatable bonds is 3. The van der Waals surface area contributed by atoms with Crippen LogP contribution in [0.1, 0.15) is 20.8 Å². The first-order valence-corrected chi connectivity index (χ1v) is 7.51. The third-order valence-electron chi connectivity index (χ3n) is 3.04. The van der Waals surface area contributed by atoms with Crippen molar-refractivity contribution in [2.45, 2.75) is 0 Å². The first kappa shape index (κ1) is 14.8. The number of para-hydroxylation sites is 1. The number of aromatic nitrogens is 2. The Bertz CT molecular complexity index is 842. The van der Waals surface area contributed by atoms with Gasteiger partial charge in [-0.05, 0) is 29.6 Å². The molecule has 0 aliphatic rings. The summed E-state index contributed by atoms with van der Waals surface area (Å²) in [6.07, 6.45) is 0. The number of thiophene rings is 1. The molecule has 2 amide bonds. The normalized spacial score (nSPS) is 10.3. The molecule has 0 fully saturated rings. The van der Waals surface area contributed by atoms with Crippen molar-refractivity contribution in [3.63, 3.8) is 0 Å². The number of amides is 2. The molecule has 0 atom stereocenters. The highest BCUT2D eigenvalue weighted by Gasteiger charge is 2.14. The van der Waals surface area contributed by atoms with Crippen LogP contribution in [0.4, 0.5) is 0 Å². The highest BCUT2D eigenvalue weighted by atomic mass is 32.1. The molecule has 0 radical (unpaired) electrons. The average Bonchev–Trinajstić information content (AvgIpc) is 3.23. The van der Waals surface area contributed by atoms with Crippen LogP contribution in [-0.4, -0.2) is 27.1 Å². The van der Waals surface area contributed by atoms with Gasteiger partial charge in [0, 0.05) is 0 Å². The molecule has 0 aliphatic carbocycles. The lowest BCUT2D eigenvalue weighted by Gasteiger charge is -2.06. The van der Waals surface area contributed by atoms with Crippen LogP contribution in [0.5, 0.6) is 5.75 Å². The van der Waals surface area contributed by atoms with Gasteiger partial charge in [-0.15, -0.1) is 11.3 Å². The summed E-state index contributed by atoms with van der Waals surface area (Å²) in [5.74, 6) is -1.35. The molecule has 3 rings (SSSR count). The van der Waals surface area contributed by atoms with E-state index in [1.807, 2.05) is 17.5 Å². The molecule has 0 saturated heterocycles. The summed E-state index contributed by atoms with van der Waals surface area (Å²) in [6.45, 7) is 0. The maximum Gasteiger partial charge on any atom is 0.290 e. The Morgan fingerprint density at radius 3 is 2.61 bits per heavy atom. The van der Waals surface area contributed by atoms with Crippen molar-refractivity contribution in [2.75, 3.05) is 0 Å². The highest BCUT2D eigenvalue weighted by Crippen LogP contribution is 2.22. The summed E-state index contributed by atoms with van der Waals surface area (Å²) in [4.78, 5) is 24.8. The number of aromatic hydroxyl groups is 1. The van der Waals surface area contributed by atoms with Gasteiger partial charge in [0.2, 0.25) is 0 Å². The van der Waals surface area contributed by atoms with Crippen LogP contribution in [0.3, 0.4) is 0 Å². The van der Waals surface area contributed by atoms with Gasteiger partial charge in [0.05, 0.1) is 16.1 Å². The minimum absolute atomic E-state index is 0.0640. The third-order valence-corrected chi connectivity index (χ3v) is 3.94. The lowest BCUT2D eigenvalue weighted by atomic mass is 10.2. The van der Waals surface area contributed by atoms with Crippen LogP contribution in [0, 0.1) is 0 Å². The number of phenolic OH excluding ortho intramolecular Hbond substituents is 1. The predicted octanol–water partition coefficient (Wildman–Crippen LogP) is 1.92. The van der Waals surface area contributed by atoms with Gasteiger partial charge in [-0.1, -0.05) is 18.2 Å². The van der Waals surface area contributed by atoms with Crippen LogP contribution in [-0.2, 0) is 0 Å². The van der Waals surface area contributed by atoms with Gasteiger partial charge in [0.15, 0.2) is 5.69 Å².